The first kappa shape index (κ1) is 12.7. The Balaban J connectivity index is 2.39. The van der Waals surface area contributed by atoms with Crippen molar-refractivity contribution >= 4 is 5.91 Å². The Bertz CT molecular complexity index is 347. The minimum atomic E-state index is -0.0608. The second-order valence-electron chi connectivity index (χ2n) is 4.04. The smallest absolute Gasteiger partial charge is 0.248 e. The number of nitrogens with zero attached hydrogens (tertiary/aromatic N) is 2. The molecule has 90 valence electrons. The zero-order valence-corrected chi connectivity index (χ0v) is 10.2. The van der Waals surface area contributed by atoms with Crippen LogP contribution in [0, 0.1) is 6.92 Å². The van der Waals surface area contributed by atoms with Crippen molar-refractivity contribution in [3.05, 3.63) is 17.5 Å². The third kappa shape index (κ3) is 4.02. The van der Waals surface area contributed by atoms with Gasteiger partial charge in [0.15, 0.2) is 0 Å². The summed E-state index contributed by atoms with van der Waals surface area (Å²) in [4.78, 5) is 13.2. The van der Waals surface area contributed by atoms with Gasteiger partial charge in [-0.3, -0.25) is 4.79 Å². The molecule has 16 heavy (non-hydrogen) atoms. The highest BCUT2D eigenvalue weighted by atomic mass is 16.5. The first-order valence-corrected chi connectivity index (χ1v) is 5.27. The number of aryl methyl sites for hydroxylation is 1. The number of likely N-dealkylation sites (N-methyl/N-ethyl adjacent to an activating group) is 1. The fourth-order valence-corrected chi connectivity index (χ4v) is 1.17. The van der Waals surface area contributed by atoms with Gasteiger partial charge in [0, 0.05) is 13.1 Å². The molecule has 0 aliphatic heterocycles. The molecule has 0 fully saturated rings. The molecule has 0 atom stereocenters. The predicted molar refractivity (Wildman–Crippen MR) is 58.8 cm³/mol. The summed E-state index contributed by atoms with van der Waals surface area (Å²) in [6.45, 7) is 6.16. The van der Waals surface area contributed by atoms with Crippen molar-refractivity contribution in [2.24, 2.45) is 0 Å². The molecule has 5 nitrogen and oxygen atoms in total. The maximum Gasteiger partial charge on any atom is 0.248 e. The van der Waals surface area contributed by atoms with E-state index in [0.717, 1.165) is 11.5 Å². The summed E-state index contributed by atoms with van der Waals surface area (Å²) >= 11 is 0. The predicted octanol–water partition coefficient (Wildman–Crippen LogP) is 1.37. The lowest BCUT2D eigenvalue weighted by molar-refractivity contribution is -0.136. The van der Waals surface area contributed by atoms with Crippen molar-refractivity contribution in [1.82, 2.24) is 10.1 Å². The molecule has 1 aromatic rings. The number of ether oxygens (including phenoxy) is 1. The molecule has 1 rings (SSSR count). The molecule has 0 aliphatic carbocycles. The highest BCUT2D eigenvalue weighted by Gasteiger charge is 2.12. The lowest BCUT2D eigenvalue weighted by atomic mass is 10.3. The summed E-state index contributed by atoms with van der Waals surface area (Å²) in [6, 6.07) is 1.81. The van der Waals surface area contributed by atoms with E-state index in [-0.39, 0.29) is 18.6 Å². The van der Waals surface area contributed by atoms with Crippen LogP contribution < -0.4 is 0 Å². The summed E-state index contributed by atoms with van der Waals surface area (Å²) in [5.41, 5.74) is 0.748. The zero-order valence-electron chi connectivity index (χ0n) is 10.2. The van der Waals surface area contributed by atoms with Crippen LogP contribution in [0.25, 0.3) is 0 Å². The fourth-order valence-electron chi connectivity index (χ4n) is 1.17. The van der Waals surface area contributed by atoms with Gasteiger partial charge in [0.05, 0.1) is 12.6 Å². The highest BCUT2D eigenvalue weighted by molar-refractivity contribution is 5.77. The van der Waals surface area contributed by atoms with Crippen LogP contribution in [-0.2, 0) is 16.1 Å². The Labute approximate surface area is 95.4 Å². The molecule has 1 heterocycles. The molecule has 1 aromatic heterocycles. The van der Waals surface area contributed by atoms with Gasteiger partial charge >= 0.3 is 0 Å². The van der Waals surface area contributed by atoms with Crippen LogP contribution >= 0.6 is 0 Å². The van der Waals surface area contributed by atoms with E-state index in [2.05, 4.69) is 5.16 Å². The molecule has 0 aromatic carbocycles. The first-order chi connectivity index (χ1) is 7.49. The molecule has 0 aliphatic rings. The lowest BCUT2D eigenvalue weighted by Gasteiger charge is -2.16. The van der Waals surface area contributed by atoms with Crippen molar-refractivity contribution in [3.8, 4) is 0 Å². The number of hydrogen-bond acceptors (Lipinski definition) is 4. The lowest BCUT2D eigenvalue weighted by Crippen LogP contribution is -2.30. The van der Waals surface area contributed by atoms with E-state index in [1.807, 2.05) is 26.8 Å². The molecular formula is C11H18N2O3. The Kier molecular flexibility index (Phi) is 4.49. The van der Waals surface area contributed by atoms with Gasteiger partial charge in [-0.05, 0) is 20.8 Å². The SMILES string of the molecule is Cc1cc(CN(C)C(=O)COC(C)C)no1. The molecule has 1 amide bonds. The minimum Gasteiger partial charge on any atom is -0.369 e. The van der Waals surface area contributed by atoms with E-state index < -0.39 is 0 Å². The van der Waals surface area contributed by atoms with Gasteiger partial charge in [0.2, 0.25) is 5.91 Å². The summed E-state index contributed by atoms with van der Waals surface area (Å²) in [6.07, 6.45) is 0.0617. The van der Waals surface area contributed by atoms with Gasteiger partial charge in [-0.25, -0.2) is 0 Å². The zero-order chi connectivity index (χ0) is 12.1. The van der Waals surface area contributed by atoms with Gasteiger partial charge < -0.3 is 14.2 Å². The number of amides is 1. The summed E-state index contributed by atoms with van der Waals surface area (Å²) < 4.78 is 10.2. The molecule has 0 saturated carbocycles. The largest absolute Gasteiger partial charge is 0.369 e. The van der Waals surface area contributed by atoms with Gasteiger partial charge in [0.25, 0.3) is 0 Å². The number of carbonyl (C=O) groups is 1. The molecule has 0 N–H and O–H groups in total. The second-order valence-corrected chi connectivity index (χ2v) is 4.04. The summed E-state index contributed by atoms with van der Waals surface area (Å²) in [5.74, 6) is 0.684. The van der Waals surface area contributed by atoms with Gasteiger partial charge in [0.1, 0.15) is 18.1 Å². The van der Waals surface area contributed by atoms with E-state index in [1.165, 1.54) is 0 Å². The molecule has 0 bridgehead atoms. The van der Waals surface area contributed by atoms with E-state index in [1.54, 1.807) is 11.9 Å². The van der Waals surface area contributed by atoms with Crippen molar-refractivity contribution in [1.29, 1.82) is 0 Å². The Morgan fingerprint density at radius 2 is 2.31 bits per heavy atom. The van der Waals surface area contributed by atoms with Crippen LogP contribution in [0.15, 0.2) is 10.6 Å². The third-order valence-electron chi connectivity index (χ3n) is 2.04. The molecule has 0 spiro atoms. The molecule has 0 radical (unpaired) electrons. The average molecular weight is 226 g/mol. The monoisotopic (exact) mass is 226 g/mol. The van der Waals surface area contributed by atoms with Gasteiger partial charge in [-0.2, -0.15) is 0 Å². The normalized spacial score (nSPS) is 10.8. The maximum atomic E-state index is 11.6. The Hall–Kier alpha value is -1.36. The van der Waals surface area contributed by atoms with Crippen molar-refractivity contribution in [3.63, 3.8) is 0 Å². The molecular weight excluding hydrogens is 208 g/mol. The molecule has 0 saturated heterocycles. The summed E-state index contributed by atoms with van der Waals surface area (Å²) in [7, 11) is 1.72. The second kappa shape index (κ2) is 5.65. The molecule has 5 heteroatoms. The number of aromatic nitrogens is 1. The summed E-state index contributed by atoms with van der Waals surface area (Å²) in [5, 5.41) is 3.82. The average Bonchev–Trinajstić information content (AvgIpc) is 2.60. The molecule has 0 unspecified atom stereocenters. The Morgan fingerprint density at radius 1 is 1.62 bits per heavy atom. The van der Waals surface area contributed by atoms with Crippen LogP contribution in [0.1, 0.15) is 25.3 Å². The van der Waals surface area contributed by atoms with E-state index in [4.69, 9.17) is 9.26 Å². The Morgan fingerprint density at radius 3 is 2.81 bits per heavy atom. The van der Waals surface area contributed by atoms with Crippen LogP contribution in [0.4, 0.5) is 0 Å². The highest BCUT2D eigenvalue weighted by Crippen LogP contribution is 2.04. The van der Waals surface area contributed by atoms with Gasteiger partial charge in [-0.1, -0.05) is 5.16 Å². The maximum absolute atomic E-state index is 11.6. The van der Waals surface area contributed by atoms with Gasteiger partial charge in [-0.15, -0.1) is 0 Å². The number of rotatable bonds is 5. The quantitative estimate of drug-likeness (QED) is 0.760. The van der Waals surface area contributed by atoms with E-state index in [9.17, 15) is 4.79 Å². The van der Waals surface area contributed by atoms with Crippen molar-refractivity contribution < 1.29 is 14.1 Å². The van der Waals surface area contributed by atoms with Crippen molar-refractivity contribution in [2.75, 3.05) is 13.7 Å². The topological polar surface area (TPSA) is 55.6 Å². The van der Waals surface area contributed by atoms with Crippen LogP contribution in [0.5, 0.6) is 0 Å². The van der Waals surface area contributed by atoms with E-state index >= 15 is 0 Å². The standard InChI is InChI=1S/C11H18N2O3/c1-8(2)15-7-11(14)13(4)6-10-5-9(3)16-12-10/h5,8H,6-7H2,1-4H3. The third-order valence-corrected chi connectivity index (χ3v) is 2.04. The number of carbonyl (C=O) groups excluding carboxylic acids is 1. The van der Waals surface area contributed by atoms with Crippen molar-refractivity contribution in [2.45, 2.75) is 33.4 Å². The number of hydrogen-bond donors (Lipinski definition) is 0. The first-order valence-electron chi connectivity index (χ1n) is 5.27. The van der Waals surface area contributed by atoms with Crippen LogP contribution in [0.2, 0.25) is 0 Å². The van der Waals surface area contributed by atoms with Crippen LogP contribution in [0.3, 0.4) is 0 Å². The van der Waals surface area contributed by atoms with E-state index in [0.29, 0.717) is 6.54 Å². The van der Waals surface area contributed by atoms with Crippen LogP contribution in [-0.4, -0.2) is 35.7 Å². The minimum absolute atomic E-state index is 0.0608. The fraction of sp³-hybridized carbons (Fsp3) is 0.636.